The van der Waals surface area contributed by atoms with E-state index in [1.54, 1.807) is 43.1 Å². The van der Waals surface area contributed by atoms with Crippen molar-refractivity contribution in [1.29, 1.82) is 5.26 Å². The summed E-state index contributed by atoms with van der Waals surface area (Å²) in [6, 6.07) is 26.5. The molecular formula is C23H19N3O2S. The number of methoxy groups -OCH3 is 1. The van der Waals surface area contributed by atoms with E-state index in [0.717, 1.165) is 21.2 Å². The molecular weight excluding hydrogens is 382 g/mol. The largest absolute Gasteiger partial charge is 0.497 e. The van der Waals surface area contributed by atoms with Gasteiger partial charge in [-0.05, 0) is 48.5 Å². The van der Waals surface area contributed by atoms with E-state index in [9.17, 15) is 10.1 Å². The predicted octanol–water partition coefficient (Wildman–Crippen LogP) is 5.30. The van der Waals surface area contributed by atoms with Gasteiger partial charge in [-0.1, -0.05) is 42.1 Å². The lowest BCUT2D eigenvalue weighted by Gasteiger charge is -2.10. The molecule has 3 rings (SSSR count). The van der Waals surface area contributed by atoms with Crippen molar-refractivity contribution >= 4 is 29.0 Å². The maximum Gasteiger partial charge on any atom is 0.267 e. The van der Waals surface area contributed by atoms with Crippen LogP contribution < -0.4 is 15.4 Å². The van der Waals surface area contributed by atoms with Crippen LogP contribution in [0.1, 0.15) is 0 Å². The quantitative estimate of drug-likeness (QED) is 0.415. The van der Waals surface area contributed by atoms with Gasteiger partial charge in [0.05, 0.1) is 12.8 Å². The molecule has 3 aromatic carbocycles. The number of hydrogen-bond donors (Lipinski definition) is 2. The lowest BCUT2D eigenvalue weighted by atomic mass is 10.2. The van der Waals surface area contributed by atoms with Crippen molar-refractivity contribution in [1.82, 2.24) is 0 Å². The van der Waals surface area contributed by atoms with Crippen LogP contribution in [-0.4, -0.2) is 13.0 Å². The van der Waals surface area contributed by atoms with Crippen molar-refractivity contribution in [3.63, 3.8) is 0 Å². The molecule has 3 aromatic rings. The predicted molar refractivity (Wildman–Crippen MR) is 116 cm³/mol. The summed E-state index contributed by atoms with van der Waals surface area (Å²) < 4.78 is 5.11. The molecule has 0 aliphatic carbocycles. The van der Waals surface area contributed by atoms with Crippen LogP contribution in [0.25, 0.3) is 0 Å². The van der Waals surface area contributed by atoms with Gasteiger partial charge in [-0.2, -0.15) is 5.26 Å². The standard InChI is InChI=1S/C23H19N3O2S/c1-28-19-13-11-18(12-14-19)25-16-17(15-24)23(27)26-21-9-5-6-10-22(21)29-20-7-3-2-4-8-20/h2-14,16,25H,1H3,(H,26,27)/b17-16-. The fraction of sp³-hybridized carbons (Fsp3) is 0.0435. The van der Waals surface area contributed by atoms with E-state index in [4.69, 9.17) is 4.74 Å². The first kappa shape index (κ1) is 20.1. The minimum atomic E-state index is -0.477. The van der Waals surface area contributed by atoms with Crippen LogP contribution in [0.15, 0.2) is 100 Å². The normalized spacial score (nSPS) is 10.7. The second-order valence-electron chi connectivity index (χ2n) is 5.91. The molecule has 0 bridgehead atoms. The highest BCUT2D eigenvalue weighted by Gasteiger charge is 2.12. The fourth-order valence-electron chi connectivity index (χ4n) is 2.46. The monoisotopic (exact) mass is 401 g/mol. The molecule has 144 valence electrons. The van der Waals surface area contributed by atoms with E-state index < -0.39 is 5.91 Å². The number of carbonyl (C=O) groups is 1. The van der Waals surface area contributed by atoms with Gasteiger partial charge in [0.1, 0.15) is 17.4 Å². The molecule has 0 radical (unpaired) electrons. The Bertz CT molecular complexity index is 1040. The summed E-state index contributed by atoms with van der Waals surface area (Å²) in [6.07, 6.45) is 1.39. The summed E-state index contributed by atoms with van der Waals surface area (Å²) in [7, 11) is 1.59. The number of benzene rings is 3. The lowest BCUT2D eigenvalue weighted by Crippen LogP contribution is -2.15. The van der Waals surface area contributed by atoms with Gasteiger partial charge in [-0.25, -0.2) is 0 Å². The number of nitrogens with one attached hydrogen (secondary N) is 2. The number of carbonyl (C=O) groups excluding carboxylic acids is 1. The van der Waals surface area contributed by atoms with E-state index in [1.807, 2.05) is 60.7 Å². The molecule has 5 nitrogen and oxygen atoms in total. The number of hydrogen-bond acceptors (Lipinski definition) is 5. The van der Waals surface area contributed by atoms with Gasteiger partial charge >= 0.3 is 0 Å². The summed E-state index contributed by atoms with van der Waals surface area (Å²) in [5, 5.41) is 15.2. The van der Waals surface area contributed by atoms with Crippen molar-refractivity contribution in [3.8, 4) is 11.8 Å². The first-order valence-corrected chi connectivity index (χ1v) is 9.65. The highest BCUT2D eigenvalue weighted by molar-refractivity contribution is 7.99. The van der Waals surface area contributed by atoms with Crippen molar-refractivity contribution in [2.24, 2.45) is 0 Å². The highest BCUT2D eigenvalue weighted by Crippen LogP contribution is 2.33. The number of ether oxygens (including phenoxy) is 1. The average Bonchev–Trinajstić information content (AvgIpc) is 2.77. The van der Waals surface area contributed by atoms with Gasteiger partial charge in [0, 0.05) is 21.7 Å². The zero-order valence-corrected chi connectivity index (χ0v) is 16.6. The topological polar surface area (TPSA) is 74.1 Å². The van der Waals surface area contributed by atoms with Gasteiger partial charge < -0.3 is 15.4 Å². The summed E-state index contributed by atoms with van der Waals surface area (Å²) in [4.78, 5) is 14.6. The number of nitriles is 1. The minimum absolute atomic E-state index is 0.0275. The van der Waals surface area contributed by atoms with Crippen molar-refractivity contribution in [2.75, 3.05) is 17.7 Å². The third kappa shape index (κ3) is 5.64. The Labute approximate surface area is 174 Å². The molecule has 0 aromatic heterocycles. The van der Waals surface area contributed by atoms with Crippen LogP contribution in [0.3, 0.4) is 0 Å². The zero-order valence-electron chi connectivity index (χ0n) is 15.8. The summed E-state index contributed by atoms with van der Waals surface area (Å²) in [5.41, 5.74) is 1.36. The second kappa shape index (κ2) is 10.0. The van der Waals surface area contributed by atoms with Crippen LogP contribution in [0.5, 0.6) is 5.75 Å². The zero-order chi connectivity index (χ0) is 20.5. The third-order valence-corrected chi connectivity index (χ3v) is 5.03. The van der Waals surface area contributed by atoms with Crippen LogP contribution in [0.4, 0.5) is 11.4 Å². The van der Waals surface area contributed by atoms with E-state index in [2.05, 4.69) is 10.6 Å². The molecule has 0 saturated heterocycles. The first-order chi connectivity index (χ1) is 14.2. The Morgan fingerprint density at radius 1 is 1.00 bits per heavy atom. The highest BCUT2D eigenvalue weighted by atomic mass is 32.2. The minimum Gasteiger partial charge on any atom is -0.497 e. The van der Waals surface area contributed by atoms with E-state index >= 15 is 0 Å². The number of rotatable bonds is 7. The molecule has 0 unspecified atom stereocenters. The fourth-order valence-corrected chi connectivity index (χ4v) is 3.38. The van der Waals surface area contributed by atoms with Crippen molar-refractivity contribution < 1.29 is 9.53 Å². The Morgan fingerprint density at radius 2 is 1.69 bits per heavy atom. The molecule has 2 N–H and O–H groups in total. The summed E-state index contributed by atoms with van der Waals surface area (Å²) >= 11 is 1.54. The Morgan fingerprint density at radius 3 is 2.38 bits per heavy atom. The molecule has 1 amide bonds. The molecule has 0 aliphatic heterocycles. The molecule has 0 spiro atoms. The number of amides is 1. The summed E-state index contributed by atoms with van der Waals surface area (Å²) in [5.74, 6) is 0.250. The maximum absolute atomic E-state index is 12.6. The molecule has 0 heterocycles. The maximum atomic E-state index is 12.6. The molecule has 0 fully saturated rings. The second-order valence-corrected chi connectivity index (χ2v) is 7.02. The van der Waals surface area contributed by atoms with Crippen LogP contribution in [0.2, 0.25) is 0 Å². The van der Waals surface area contributed by atoms with Gasteiger partial charge in [-0.3, -0.25) is 4.79 Å². The molecule has 0 aliphatic rings. The first-order valence-electron chi connectivity index (χ1n) is 8.84. The van der Waals surface area contributed by atoms with E-state index in [-0.39, 0.29) is 5.57 Å². The lowest BCUT2D eigenvalue weighted by molar-refractivity contribution is -0.112. The Hall–Kier alpha value is -3.69. The van der Waals surface area contributed by atoms with Gasteiger partial charge in [0.15, 0.2) is 0 Å². The smallest absolute Gasteiger partial charge is 0.267 e. The molecule has 0 atom stereocenters. The van der Waals surface area contributed by atoms with E-state index in [1.165, 1.54) is 6.20 Å². The van der Waals surface area contributed by atoms with Crippen molar-refractivity contribution in [3.05, 3.63) is 90.6 Å². The number of para-hydroxylation sites is 1. The van der Waals surface area contributed by atoms with Crippen LogP contribution in [0, 0.1) is 11.3 Å². The SMILES string of the molecule is COc1ccc(N/C=C(/C#N)C(=O)Nc2ccccc2Sc2ccccc2)cc1. The summed E-state index contributed by atoms with van der Waals surface area (Å²) in [6.45, 7) is 0. The van der Waals surface area contributed by atoms with Crippen LogP contribution >= 0.6 is 11.8 Å². The molecule has 6 heteroatoms. The van der Waals surface area contributed by atoms with Crippen molar-refractivity contribution in [2.45, 2.75) is 9.79 Å². The molecule has 29 heavy (non-hydrogen) atoms. The Balaban J connectivity index is 1.71. The van der Waals surface area contributed by atoms with Gasteiger partial charge in [0.25, 0.3) is 5.91 Å². The third-order valence-electron chi connectivity index (χ3n) is 3.94. The molecule has 0 saturated carbocycles. The average molecular weight is 401 g/mol. The van der Waals surface area contributed by atoms with Gasteiger partial charge in [-0.15, -0.1) is 0 Å². The van der Waals surface area contributed by atoms with Gasteiger partial charge in [0.2, 0.25) is 0 Å². The number of anilines is 2. The van der Waals surface area contributed by atoms with E-state index in [0.29, 0.717) is 5.69 Å². The Kier molecular flexibility index (Phi) is 6.93. The van der Waals surface area contributed by atoms with Crippen LogP contribution in [-0.2, 0) is 4.79 Å². The number of nitrogens with zero attached hydrogens (tertiary/aromatic N) is 1.